The van der Waals surface area contributed by atoms with Gasteiger partial charge in [-0.2, -0.15) is 0 Å². The Balaban J connectivity index is 1.81. The second-order valence-corrected chi connectivity index (χ2v) is 13.2. The highest BCUT2D eigenvalue weighted by Gasteiger charge is 2.32. The summed E-state index contributed by atoms with van der Waals surface area (Å²) in [6, 6.07) is 16.5. The Hall–Kier alpha value is -2.69. The normalized spacial score (nSPS) is 24.1. The van der Waals surface area contributed by atoms with Crippen molar-refractivity contribution in [2.75, 3.05) is 19.7 Å². The average Bonchev–Trinajstić information content (AvgIpc) is 2.98. The highest BCUT2D eigenvalue weighted by molar-refractivity contribution is 5.68. The van der Waals surface area contributed by atoms with Gasteiger partial charge in [-0.15, -0.1) is 0 Å². The molecule has 2 heterocycles. The van der Waals surface area contributed by atoms with Gasteiger partial charge in [0.2, 0.25) is 0 Å². The van der Waals surface area contributed by atoms with E-state index in [1.165, 1.54) is 0 Å². The summed E-state index contributed by atoms with van der Waals surface area (Å²) in [6.07, 6.45) is 0.820. The lowest BCUT2D eigenvalue weighted by Crippen LogP contribution is -2.53. The van der Waals surface area contributed by atoms with Gasteiger partial charge in [-0.25, -0.2) is 4.79 Å². The maximum atomic E-state index is 12.7. The molecule has 9 nitrogen and oxygen atoms in total. The number of amides is 1. The summed E-state index contributed by atoms with van der Waals surface area (Å²) < 4.78 is 11.4. The molecular formula is C35H55N3O6. The average molecular weight is 614 g/mol. The van der Waals surface area contributed by atoms with E-state index in [0.29, 0.717) is 32.4 Å². The molecule has 4 rings (SSSR count). The van der Waals surface area contributed by atoms with Crippen molar-refractivity contribution >= 4 is 6.09 Å². The second kappa shape index (κ2) is 17.7. The number of aliphatic hydroxyl groups excluding tert-OH is 3. The number of rotatable bonds is 9. The molecular weight excluding hydrogens is 558 g/mol. The predicted molar refractivity (Wildman–Crippen MR) is 174 cm³/mol. The smallest absolute Gasteiger partial charge is 0.407 e. The molecule has 2 bridgehead atoms. The zero-order valence-electron chi connectivity index (χ0n) is 27.2. The molecule has 0 radical (unpaired) electrons. The van der Waals surface area contributed by atoms with Crippen LogP contribution in [0.1, 0.15) is 71.4 Å². The van der Waals surface area contributed by atoms with Crippen LogP contribution in [0.2, 0.25) is 0 Å². The predicted octanol–water partition coefficient (Wildman–Crippen LogP) is 4.18. The third-order valence-electron chi connectivity index (χ3n) is 8.39. The Morgan fingerprint density at radius 3 is 2.45 bits per heavy atom. The van der Waals surface area contributed by atoms with Crippen molar-refractivity contribution in [3.8, 4) is 5.75 Å². The van der Waals surface area contributed by atoms with Gasteiger partial charge in [-0.05, 0) is 88.6 Å². The van der Waals surface area contributed by atoms with Crippen LogP contribution in [0.3, 0.4) is 0 Å². The van der Waals surface area contributed by atoms with Crippen molar-refractivity contribution < 1.29 is 29.6 Å². The molecule has 9 heteroatoms. The van der Waals surface area contributed by atoms with Crippen LogP contribution >= 0.6 is 0 Å². The number of hydrogen-bond donors (Lipinski definition) is 6. The topological polar surface area (TPSA) is 132 Å². The molecule has 2 aromatic rings. The third kappa shape index (κ3) is 12.4. The van der Waals surface area contributed by atoms with Crippen LogP contribution in [0.4, 0.5) is 4.79 Å². The first-order valence-corrected chi connectivity index (χ1v) is 16.2. The van der Waals surface area contributed by atoms with E-state index < -0.39 is 42.2 Å². The highest BCUT2D eigenvalue weighted by Crippen LogP contribution is 2.26. The van der Waals surface area contributed by atoms with Crippen LogP contribution in [0.15, 0.2) is 54.6 Å². The molecule has 0 spiro atoms. The Labute approximate surface area is 263 Å². The molecule has 0 aromatic heterocycles. The molecule has 7 atom stereocenters. The molecule has 0 fully saturated rings. The van der Waals surface area contributed by atoms with E-state index in [-0.39, 0.29) is 18.4 Å². The van der Waals surface area contributed by atoms with Gasteiger partial charge in [0, 0.05) is 18.5 Å². The Bertz CT molecular complexity index is 1090. The van der Waals surface area contributed by atoms with Gasteiger partial charge in [0.05, 0.1) is 24.9 Å². The summed E-state index contributed by atoms with van der Waals surface area (Å²) in [5.74, 6) is 0.826. The van der Waals surface area contributed by atoms with Crippen LogP contribution in [-0.4, -0.2) is 77.2 Å². The summed E-state index contributed by atoms with van der Waals surface area (Å²) in [6.45, 7) is 11.0. The maximum Gasteiger partial charge on any atom is 0.407 e. The summed E-state index contributed by atoms with van der Waals surface area (Å²) in [7, 11) is 0. The molecule has 0 saturated carbocycles. The Kier molecular flexibility index (Phi) is 14.4. The number of benzene rings is 2. The summed E-state index contributed by atoms with van der Waals surface area (Å²) in [4.78, 5) is 12.7. The number of fused-ring (bicyclic) bond motifs is 13. The van der Waals surface area contributed by atoms with Gasteiger partial charge in [0.1, 0.15) is 17.6 Å². The van der Waals surface area contributed by atoms with Crippen LogP contribution in [-0.2, 0) is 17.6 Å². The fraction of sp³-hybridized carbons (Fsp3) is 0.629. The molecule has 44 heavy (non-hydrogen) atoms. The zero-order chi connectivity index (χ0) is 32.1. The fourth-order valence-corrected chi connectivity index (χ4v) is 5.58. The zero-order valence-corrected chi connectivity index (χ0v) is 27.2. The van der Waals surface area contributed by atoms with Gasteiger partial charge >= 0.3 is 6.09 Å². The maximum absolute atomic E-state index is 12.7. The van der Waals surface area contributed by atoms with Crippen LogP contribution < -0.4 is 20.7 Å². The number of hydrogen-bond acceptors (Lipinski definition) is 8. The minimum Gasteiger partial charge on any atom is -0.494 e. The monoisotopic (exact) mass is 613 g/mol. The first kappa shape index (κ1) is 35.8. The van der Waals surface area contributed by atoms with Crippen LogP contribution in [0, 0.1) is 11.8 Å². The van der Waals surface area contributed by atoms with Crippen LogP contribution in [0.5, 0.6) is 5.75 Å². The molecule has 0 saturated heterocycles. The van der Waals surface area contributed by atoms with Crippen molar-refractivity contribution in [1.82, 2.24) is 16.0 Å². The van der Waals surface area contributed by atoms with Gasteiger partial charge in [0.15, 0.2) is 0 Å². The fourth-order valence-electron chi connectivity index (χ4n) is 5.58. The van der Waals surface area contributed by atoms with Crippen molar-refractivity contribution in [2.24, 2.45) is 11.8 Å². The van der Waals surface area contributed by atoms with E-state index in [2.05, 4.69) is 29.8 Å². The van der Waals surface area contributed by atoms with Crippen LogP contribution in [0.25, 0.3) is 0 Å². The van der Waals surface area contributed by atoms with E-state index >= 15 is 0 Å². The Morgan fingerprint density at radius 1 is 1.09 bits per heavy atom. The number of ether oxygens (including phenoxy) is 2. The lowest BCUT2D eigenvalue weighted by molar-refractivity contribution is 0.00206. The number of carbonyl (C=O) groups excluding carboxylic acids is 1. The summed E-state index contributed by atoms with van der Waals surface area (Å²) >= 11 is 0. The summed E-state index contributed by atoms with van der Waals surface area (Å²) in [5, 5.41) is 43.7. The molecule has 1 unspecified atom stereocenters. The van der Waals surface area contributed by atoms with E-state index in [1.54, 1.807) is 20.8 Å². The molecule has 2 aromatic carbocycles. The quantitative estimate of drug-likeness (QED) is 0.248. The van der Waals surface area contributed by atoms with Crippen molar-refractivity contribution in [1.29, 1.82) is 0 Å². The molecule has 0 aliphatic carbocycles. The van der Waals surface area contributed by atoms with E-state index in [0.717, 1.165) is 36.1 Å². The van der Waals surface area contributed by atoms with E-state index in [1.807, 2.05) is 54.6 Å². The largest absolute Gasteiger partial charge is 0.494 e. The van der Waals surface area contributed by atoms with E-state index in [9.17, 15) is 20.1 Å². The van der Waals surface area contributed by atoms with Crippen molar-refractivity contribution in [3.05, 3.63) is 65.7 Å². The van der Waals surface area contributed by atoms with Gasteiger partial charge < -0.3 is 35.4 Å². The summed E-state index contributed by atoms with van der Waals surface area (Å²) in [5.41, 5.74) is 1.31. The lowest BCUT2D eigenvalue weighted by atomic mass is 9.83. The molecule has 6 N–H and O–H groups in total. The minimum absolute atomic E-state index is 0.130. The second-order valence-electron chi connectivity index (χ2n) is 13.2. The first-order valence-electron chi connectivity index (χ1n) is 16.2. The van der Waals surface area contributed by atoms with E-state index in [4.69, 9.17) is 9.47 Å². The Morgan fingerprint density at radius 2 is 1.80 bits per heavy atom. The standard InChI is InChI=1S/C35H55N3O6/c1-6-24(2)28-22-31(39)29(20-26-14-16-27(17-15-26)43-19-11-10-18-36-33(28)41)37-23-32(40)30(21-25-12-8-7-9-13-25)38-34(42)44-35(3,4)5/h7-9,12-17,24,28-33,36-37,39-41H,6,10-11,18-23H2,1-5H3,(H,38,42)/t24?,28-,29-,30-,31-,32+,33-/m0/s1. The van der Waals surface area contributed by atoms with Gasteiger partial charge in [-0.3, -0.25) is 5.32 Å². The first-order chi connectivity index (χ1) is 20.9. The van der Waals surface area contributed by atoms with Crippen molar-refractivity contribution in [3.63, 3.8) is 0 Å². The molecule has 246 valence electrons. The molecule has 2 aliphatic heterocycles. The number of nitrogens with one attached hydrogen (secondary N) is 3. The molecule has 1 amide bonds. The van der Waals surface area contributed by atoms with Gasteiger partial charge in [-0.1, -0.05) is 62.7 Å². The lowest BCUT2D eigenvalue weighted by Gasteiger charge is -2.34. The SMILES string of the molecule is CCC(C)[C@@H]1C[C@H](O)[C@@H](NC[C@@H](O)[C@H](Cc2ccccc2)NC(=O)OC(C)(C)C)Cc2ccc(cc2)OCCCCN[C@H]1O. The molecule has 2 aliphatic rings. The number of aliphatic hydroxyl groups is 3. The number of carbonyl (C=O) groups is 1. The third-order valence-corrected chi connectivity index (χ3v) is 8.39. The van der Waals surface area contributed by atoms with Crippen molar-refractivity contribution in [2.45, 2.75) is 109 Å². The number of alkyl carbamates (subject to hydrolysis) is 1. The van der Waals surface area contributed by atoms with Gasteiger partial charge in [0.25, 0.3) is 0 Å². The highest BCUT2D eigenvalue weighted by atomic mass is 16.6. The minimum atomic E-state index is -0.969.